The topological polar surface area (TPSA) is 102 Å². The van der Waals surface area contributed by atoms with Crippen LogP contribution in [0.25, 0.3) is 0 Å². The number of hydrogen-bond donors (Lipinski definition) is 0. The van der Waals surface area contributed by atoms with Crippen LogP contribution in [0.4, 0.5) is 0 Å². The Hall–Kier alpha value is -2.00. The van der Waals surface area contributed by atoms with Gasteiger partial charge in [-0.3, -0.25) is 24.2 Å². The summed E-state index contributed by atoms with van der Waals surface area (Å²) in [6.45, 7) is 4.70. The van der Waals surface area contributed by atoms with E-state index in [1.165, 1.54) is 28.3 Å². The summed E-state index contributed by atoms with van der Waals surface area (Å²) in [5, 5.41) is 0. The first kappa shape index (κ1) is 25.0. The highest BCUT2D eigenvalue weighted by molar-refractivity contribution is 5.79. The first-order chi connectivity index (χ1) is 12.8. The summed E-state index contributed by atoms with van der Waals surface area (Å²) in [5.74, 6) is -1.35. The summed E-state index contributed by atoms with van der Waals surface area (Å²) < 4.78 is 14.2. The molecule has 9 heteroatoms. The highest BCUT2D eigenvalue weighted by Crippen LogP contribution is 2.11. The average molecular weight is 388 g/mol. The number of methoxy groups -OCH3 is 3. The van der Waals surface area contributed by atoms with Gasteiger partial charge in [0, 0.05) is 19.5 Å². The molecule has 0 amide bonds. The van der Waals surface area contributed by atoms with Gasteiger partial charge in [0.25, 0.3) is 0 Å². The fraction of sp³-hybridized carbons (Fsp3) is 0.778. The smallest absolute Gasteiger partial charge is 0.323 e. The molecule has 0 heterocycles. The minimum atomic E-state index is -0.558. The van der Waals surface area contributed by atoms with Gasteiger partial charge < -0.3 is 19.0 Å². The fourth-order valence-corrected chi connectivity index (χ4v) is 2.61. The minimum absolute atomic E-state index is 0.00152. The third-order valence-corrected chi connectivity index (χ3v) is 4.06. The van der Waals surface area contributed by atoms with Crippen molar-refractivity contribution in [1.82, 2.24) is 9.80 Å². The van der Waals surface area contributed by atoms with E-state index in [4.69, 9.17) is 4.74 Å². The quantitative estimate of drug-likeness (QED) is 0.306. The van der Waals surface area contributed by atoms with Crippen molar-refractivity contribution in [3.05, 3.63) is 0 Å². The molecule has 0 aliphatic carbocycles. The molecule has 1 atom stereocenters. The van der Waals surface area contributed by atoms with E-state index in [-0.39, 0.29) is 25.3 Å². The molecule has 0 saturated heterocycles. The van der Waals surface area contributed by atoms with Gasteiger partial charge in [-0.15, -0.1) is 0 Å². The van der Waals surface area contributed by atoms with Gasteiger partial charge in [0.05, 0.1) is 34.4 Å². The number of hydrogen-bond acceptors (Lipinski definition) is 9. The summed E-state index contributed by atoms with van der Waals surface area (Å²) in [4.78, 5) is 50.2. The lowest BCUT2D eigenvalue weighted by Gasteiger charge is -2.31. The molecule has 0 aromatic carbocycles. The van der Waals surface area contributed by atoms with Crippen molar-refractivity contribution in [2.75, 3.05) is 54.1 Å². The van der Waals surface area contributed by atoms with Gasteiger partial charge in [-0.25, -0.2) is 0 Å². The van der Waals surface area contributed by atoms with Crippen LogP contribution in [0.2, 0.25) is 0 Å². The zero-order valence-electron chi connectivity index (χ0n) is 17.0. The van der Waals surface area contributed by atoms with E-state index in [9.17, 15) is 19.2 Å². The van der Waals surface area contributed by atoms with Gasteiger partial charge in [-0.05, 0) is 26.3 Å². The molecule has 0 saturated carbocycles. The number of esters is 3. The minimum Gasteiger partial charge on any atom is -0.468 e. The Morgan fingerprint density at radius 2 is 1.41 bits per heavy atom. The first-order valence-corrected chi connectivity index (χ1v) is 8.96. The van der Waals surface area contributed by atoms with E-state index in [1.54, 1.807) is 4.90 Å². The lowest BCUT2D eigenvalue weighted by atomic mass is 10.1. The Morgan fingerprint density at radius 3 is 1.81 bits per heavy atom. The maximum atomic E-state index is 12.2. The van der Waals surface area contributed by atoms with Gasteiger partial charge in [0.1, 0.15) is 11.8 Å². The van der Waals surface area contributed by atoms with E-state index in [0.717, 1.165) is 6.42 Å². The monoisotopic (exact) mass is 388 g/mol. The van der Waals surface area contributed by atoms with Crippen molar-refractivity contribution in [1.29, 1.82) is 0 Å². The molecule has 0 aromatic heterocycles. The molecule has 1 unspecified atom stereocenters. The molecule has 0 fully saturated rings. The van der Waals surface area contributed by atoms with Gasteiger partial charge in [0.15, 0.2) is 0 Å². The van der Waals surface area contributed by atoms with Crippen LogP contribution in [0.1, 0.15) is 33.1 Å². The third kappa shape index (κ3) is 10.7. The lowest BCUT2D eigenvalue weighted by Crippen LogP contribution is -2.47. The van der Waals surface area contributed by atoms with E-state index >= 15 is 0 Å². The average Bonchev–Trinajstić information content (AvgIpc) is 2.64. The third-order valence-electron chi connectivity index (χ3n) is 4.06. The molecular weight excluding hydrogens is 356 g/mol. The predicted molar refractivity (Wildman–Crippen MR) is 98.1 cm³/mol. The molecule has 0 spiro atoms. The molecule has 9 nitrogen and oxygen atoms in total. The molecule has 0 aliphatic heterocycles. The molecule has 0 bridgehead atoms. The second-order valence-corrected chi connectivity index (χ2v) is 6.18. The Balaban J connectivity index is 5.15. The zero-order chi connectivity index (χ0) is 20.8. The maximum absolute atomic E-state index is 12.2. The Labute approximate surface area is 160 Å². The van der Waals surface area contributed by atoms with E-state index in [2.05, 4.69) is 9.47 Å². The molecule has 0 rings (SSSR count). The molecule has 0 aromatic rings. The molecule has 156 valence electrons. The number of rotatable bonds is 14. The number of carbonyl (C=O) groups is 4. The van der Waals surface area contributed by atoms with Crippen molar-refractivity contribution >= 4 is 23.7 Å². The molecular formula is C18H32N2O7. The van der Waals surface area contributed by atoms with E-state index < -0.39 is 23.9 Å². The van der Waals surface area contributed by atoms with E-state index in [0.29, 0.717) is 26.1 Å². The predicted octanol–water partition coefficient (Wildman–Crippen LogP) is 0.257. The standard InChI is InChI=1S/C18H32N2O7/c1-6-9-20(15(18(24)27-5)8-7-14(2)21)11-10-19(12-16(22)25-3)13-17(23)26-4/h15H,6-13H2,1-5H3. The summed E-state index contributed by atoms with van der Waals surface area (Å²) >= 11 is 0. The Bertz CT molecular complexity index is 478. The number of carbonyl (C=O) groups excluding carboxylic acids is 4. The summed E-state index contributed by atoms with van der Waals surface area (Å²) in [6.07, 6.45) is 1.42. The van der Waals surface area contributed by atoms with Crippen LogP contribution in [0.5, 0.6) is 0 Å². The molecule has 0 aliphatic rings. The van der Waals surface area contributed by atoms with Gasteiger partial charge >= 0.3 is 17.9 Å². The van der Waals surface area contributed by atoms with Crippen LogP contribution in [0.3, 0.4) is 0 Å². The van der Waals surface area contributed by atoms with Gasteiger partial charge in [-0.1, -0.05) is 6.92 Å². The van der Waals surface area contributed by atoms with Crippen LogP contribution in [0, 0.1) is 0 Å². The van der Waals surface area contributed by atoms with Crippen molar-refractivity contribution in [2.24, 2.45) is 0 Å². The highest BCUT2D eigenvalue weighted by atomic mass is 16.5. The van der Waals surface area contributed by atoms with Gasteiger partial charge in [-0.2, -0.15) is 0 Å². The zero-order valence-corrected chi connectivity index (χ0v) is 17.0. The summed E-state index contributed by atoms with van der Waals surface area (Å²) in [6, 6.07) is -0.558. The summed E-state index contributed by atoms with van der Waals surface area (Å²) in [7, 11) is 3.86. The Kier molecular flexibility index (Phi) is 13.1. The maximum Gasteiger partial charge on any atom is 0.323 e. The van der Waals surface area contributed by atoms with Crippen molar-refractivity contribution in [2.45, 2.75) is 39.2 Å². The second-order valence-electron chi connectivity index (χ2n) is 6.18. The van der Waals surface area contributed by atoms with Crippen molar-refractivity contribution < 1.29 is 33.4 Å². The molecule has 27 heavy (non-hydrogen) atoms. The largest absolute Gasteiger partial charge is 0.468 e. The normalized spacial score (nSPS) is 12.0. The Morgan fingerprint density at radius 1 is 0.852 bits per heavy atom. The number of ketones is 1. The number of nitrogens with zero attached hydrogens (tertiary/aromatic N) is 2. The van der Waals surface area contributed by atoms with Crippen LogP contribution in [-0.4, -0.2) is 93.6 Å². The van der Waals surface area contributed by atoms with Crippen LogP contribution < -0.4 is 0 Å². The molecule has 0 N–H and O–H groups in total. The summed E-state index contributed by atoms with van der Waals surface area (Å²) in [5.41, 5.74) is 0. The van der Waals surface area contributed by atoms with Crippen molar-refractivity contribution in [3.63, 3.8) is 0 Å². The second kappa shape index (κ2) is 14.1. The van der Waals surface area contributed by atoms with Crippen LogP contribution >= 0.6 is 0 Å². The molecule has 0 radical (unpaired) electrons. The lowest BCUT2D eigenvalue weighted by molar-refractivity contribution is -0.149. The SMILES string of the molecule is CCCN(CCN(CC(=O)OC)CC(=O)OC)C(CCC(C)=O)C(=O)OC. The van der Waals surface area contributed by atoms with E-state index in [1.807, 2.05) is 11.8 Å². The van der Waals surface area contributed by atoms with Crippen molar-refractivity contribution in [3.8, 4) is 0 Å². The fourth-order valence-electron chi connectivity index (χ4n) is 2.61. The van der Waals surface area contributed by atoms with Crippen LogP contribution in [-0.2, 0) is 33.4 Å². The first-order valence-electron chi connectivity index (χ1n) is 8.96. The highest BCUT2D eigenvalue weighted by Gasteiger charge is 2.27. The number of Topliss-reactive ketones (excluding diaryl/α,β-unsaturated/α-hetero) is 1. The van der Waals surface area contributed by atoms with Crippen LogP contribution in [0.15, 0.2) is 0 Å². The number of ether oxygens (including phenoxy) is 3. The van der Waals surface area contributed by atoms with Gasteiger partial charge in [0.2, 0.25) is 0 Å².